The Labute approximate surface area is 128 Å². The Morgan fingerprint density at radius 1 is 1.50 bits per heavy atom. The highest BCUT2D eigenvalue weighted by molar-refractivity contribution is 7.99. The van der Waals surface area contributed by atoms with Crippen LogP contribution in [0.15, 0.2) is 17.3 Å². The van der Waals surface area contributed by atoms with Crippen molar-refractivity contribution in [2.45, 2.75) is 5.16 Å². The van der Waals surface area contributed by atoms with Crippen LogP contribution >= 0.6 is 35.0 Å². The highest BCUT2D eigenvalue weighted by Crippen LogP contribution is 2.32. The van der Waals surface area contributed by atoms with E-state index in [0.717, 1.165) is 0 Å². The summed E-state index contributed by atoms with van der Waals surface area (Å²) in [6.45, 7) is 0. The minimum atomic E-state index is -0.270. The quantitative estimate of drug-likeness (QED) is 0.654. The topological polar surface area (TPSA) is 98.7 Å². The first-order valence-electron chi connectivity index (χ1n) is 5.37. The molecule has 20 heavy (non-hydrogen) atoms. The number of aryl methyl sites for hydroxylation is 1. The number of carbonyl (C=O) groups is 1. The number of halogens is 2. The van der Waals surface area contributed by atoms with E-state index in [1.807, 2.05) is 0 Å². The van der Waals surface area contributed by atoms with Gasteiger partial charge in [-0.3, -0.25) is 4.79 Å². The molecule has 0 aliphatic carbocycles. The number of hydrogen-bond acceptors (Lipinski definition) is 6. The van der Waals surface area contributed by atoms with Gasteiger partial charge in [-0.2, -0.15) is 0 Å². The Bertz CT molecular complexity index is 623. The monoisotopic (exact) mass is 332 g/mol. The second-order valence-corrected chi connectivity index (χ2v) is 5.56. The third-order valence-corrected chi connectivity index (χ3v) is 3.79. The van der Waals surface area contributed by atoms with Crippen molar-refractivity contribution in [1.29, 1.82) is 0 Å². The maximum atomic E-state index is 11.9. The Hall–Kier alpha value is -1.51. The number of nitrogens with zero attached hydrogens (tertiary/aromatic N) is 4. The summed E-state index contributed by atoms with van der Waals surface area (Å²) in [5.74, 6) is -0.138. The van der Waals surface area contributed by atoms with E-state index in [1.165, 1.54) is 28.6 Å². The first kappa shape index (κ1) is 14.9. The standard InChI is InChI=1S/C10H10Cl2N6OS/c1-18-10(15-16-17-18)20-4-8(19)14-9-6(12)2-5(11)3-7(9)13/h2-3H,4,13H2,1H3,(H,14,19). The van der Waals surface area contributed by atoms with Gasteiger partial charge in [0.25, 0.3) is 0 Å². The fraction of sp³-hybridized carbons (Fsp3) is 0.200. The van der Waals surface area contributed by atoms with Crippen molar-refractivity contribution in [3.8, 4) is 0 Å². The molecule has 0 unspecified atom stereocenters. The van der Waals surface area contributed by atoms with Crippen molar-refractivity contribution in [3.63, 3.8) is 0 Å². The van der Waals surface area contributed by atoms with Gasteiger partial charge in [-0.25, -0.2) is 4.68 Å². The molecule has 1 aromatic heterocycles. The van der Waals surface area contributed by atoms with Crippen LogP contribution in [-0.2, 0) is 11.8 Å². The first-order valence-corrected chi connectivity index (χ1v) is 7.11. The zero-order chi connectivity index (χ0) is 14.7. The molecule has 0 bridgehead atoms. The zero-order valence-corrected chi connectivity index (χ0v) is 12.6. The molecule has 0 aliphatic rings. The third kappa shape index (κ3) is 3.53. The molecule has 2 rings (SSSR count). The number of anilines is 2. The molecule has 0 atom stereocenters. The predicted molar refractivity (Wildman–Crippen MR) is 79.0 cm³/mol. The number of carbonyl (C=O) groups excluding carboxylic acids is 1. The lowest BCUT2D eigenvalue weighted by atomic mass is 10.2. The Kier molecular flexibility index (Phi) is 4.69. The number of thioether (sulfide) groups is 1. The van der Waals surface area contributed by atoms with E-state index in [1.54, 1.807) is 7.05 Å². The minimum absolute atomic E-state index is 0.132. The van der Waals surface area contributed by atoms with Crippen LogP contribution < -0.4 is 11.1 Å². The number of nitrogen functional groups attached to an aromatic ring is 1. The van der Waals surface area contributed by atoms with Gasteiger partial charge in [0.1, 0.15) is 0 Å². The van der Waals surface area contributed by atoms with Gasteiger partial charge in [0.05, 0.1) is 22.2 Å². The lowest BCUT2D eigenvalue weighted by Crippen LogP contribution is -2.16. The molecule has 1 heterocycles. The number of tetrazole rings is 1. The van der Waals surface area contributed by atoms with E-state index in [4.69, 9.17) is 28.9 Å². The number of nitrogens with one attached hydrogen (secondary N) is 1. The van der Waals surface area contributed by atoms with Crippen molar-refractivity contribution < 1.29 is 4.79 Å². The highest BCUT2D eigenvalue weighted by atomic mass is 35.5. The van der Waals surface area contributed by atoms with Crippen LogP contribution in [0.4, 0.5) is 11.4 Å². The molecule has 2 aromatic rings. The smallest absolute Gasteiger partial charge is 0.234 e. The average molecular weight is 333 g/mol. The summed E-state index contributed by atoms with van der Waals surface area (Å²) in [6.07, 6.45) is 0. The average Bonchev–Trinajstić information content (AvgIpc) is 2.77. The number of benzene rings is 1. The highest BCUT2D eigenvalue weighted by Gasteiger charge is 2.12. The minimum Gasteiger partial charge on any atom is -0.397 e. The van der Waals surface area contributed by atoms with E-state index in [9.17, 15) is 4.79 Å². The van der Waals surface area contributed by atoms with E-state index >= 15 is 0 Å². The molecule has 10 heteroatoms. The van der Waals surface area contributed by atoms with Gasteiger partial charge in [0.2, 0.25) is 11.1 Å². The molecule has 0 radical (unpaired) electrons. The Morgan fingerprint density at radius 2 is 2.25 bits per heavy atom. The molecular weight excluding hydrogens is 323 g/mol. The van der Waals surface area contributed by atoms with Gasteiger partial charge in [-0.05, 0) is 22.6 Å². The van der Waals surface area contributed by atoms with Crippen molar-refractivity contribution in [3.05, 3.63) is 22.2 Å². The lowest BCUT2D eigenvalue weighted by molar-refractivity contribution is -0.113. The Morgan fingerprint density at radius 3 is 2.85 bits per heavy atom. The van der Waals surface area contributed by atoms with Crippen LogP contribution in [0.1, 0.15) is 0 Å². The summed E-state index contributed by atoms with van der Waals surface area (Å²) in [5.41, 5.74) is 6.41. The molecule has 7 nitrogen and oxygen atoms in total. The number of aromatic nitrogens is 4. The van der Waals surface area contributed by atoms with Gasteiger partial charge in [0.15, 0.2) is 0 Å². The fourth-order valence-electron chi connectivity index (χ4n) is 1.37. The molecule has 1 amide bonds. The number of nitrogens with two attached hydrogens (primary N) is 1. The lowest BCUT2D eigenvalue weighted by Gasteiger charge is -2.10. The summed E-state index contributed by atoms with van der Waals surface area (Å²) < 4.78 is 1.47. The van der Waals surface area contributed by atoms with Gasteiger partial charge in [-0.15, -0.1) is 5.10 Å². The van der Waals surface area contributed by atoms with Gasteiger partial charge in [0, 0.05) is 12.1 Å². The van der Waals surface area contributed by atoms with Crippen molar-refractivity contribution >= 4 is 52.2 Å². The van der Waals surface area contributed by atoms with E-state index in [-0.39, 0.29) is 16.7 Å². The molecule has 3 N–H and O–H groups in total. The van der Waals surface area contributed by atoms with Gasteiger partial charge in [-0.1, -0.05) is 35.0 Å². The van der Waals surface area contributed by atoms with Crippen LogP contribution in [0.2, 0.25) is 10.0 Å². The number of rotatable bonds is 4. The van der Waals surface area contributed by atoms with E-state index in [0.29, 0.717) is 21.6 Å². The summed E-state index contributed by atoms with van der Waals surface area (Å²) in [4.78, 5) is 11.9. The predicted octanol–water partition coefficient (Wildman–Crippen LogP) is 1.83. The van der Waals surface area contributed by atoms with Crippen LogP contribution in [0.5, 0.6) is 0 Å². The first-order chi connectivity index (χ1) is 9.47. The summed E-state index contributed by atoms with van der Waals surface area (Å²) in [7, 11) is 1.69. The fourth-order valence-corrected chi connectivity index (χ4v) is 2.58. The maximum Gasteiger partial charge on any atom is 0.234 e. The summed E-state index contributed by atoms with van der Waals surface area (Å²) in [5, 5.41) is 14.8. The number of amides is 1. The van der Waals surface area contributed by atoms with Crippen molar-refractivity contribution in [2.24, 2.45) is 7.05 Å². The van der Waals surface area contributed by atoms with Crippen molar-refractivity contribution in [2.75, 3.05) is 16.8 Å². The van der Waals surface area contributed by atoms with Crippen LogP contribution in [0.25, 0.3) is 0 Å². The molecule has 0 fully saturated rings. The summed E-state index contributed by atoms with van der Waals surface area (Å²) >= 11 is 13.0. The Balaban J connectivity index is 2.00. The number of hydrogen-bond donors (Lipinski definition) is 2. The molecule has 0 saturated carbocycles. The molecule has 106 valence electrons. The van der Waals surface area contributed by atoms with Gasteiger partial charge >= 0.3 is 0 Å². The van der Waals surface area contributed by atoms with Crippen LogP contribution in [0.3, 0.4) is 0 Å². The van der Waals surface area contributed by atoms with E-state index in [2.05, 4.69) is 20.8 Å². The second-order valence-electron chi connectivity index (χ2n) is 3.77. The largest absolute Gasteiger partial charge is 0.397 e. The molecular formula is C10H10Cl2N6OS. The normalized spacial score (nSPS) is 10.6. The van der Waals surface area contributed by atoms with E-state index < -0.39 is 0 Å². The molecule has 0 spiro atoms. The van der Waals surface area contributed by atoms with Crippen molar-refractivity contribution in [1.82, 2.24) is 20.2 Å². The van der Waals surface area contributed by atoms with Crippen LogP contribution in [-0.4, -0.2) is 31.9 Å². The summed E-state index contributed by atoms with van der Waals surface area (Å²) in [6, 6.07) is 3.03. The molecule has 1 aromatic carbocycles. The van der Waals surface area contributed by atoms with Gasteiger partial charge < -0.3 is 11.1 Å². The van der Waals surface area contributed by atoms with Crippen LogP contribution in [0, 0.1) is 0 Å². The molecule has 0 saturated heterocycles. The maximum absolute atomic E-state index is 11.9. The third-order valence-electron chi connectivity index (χ3n) is 2.26. The second kappa shape index (κ2) is 6.29. The zero-order valence-electron chi connectivity index (χ0n) is 10.3. The molecule has 0 aliphatic heterocycles. The SMILES string of the molecule is Cn1nnnc1SCC(=O)Nc1c(N)cc(Cl)cc1Cl.